The number of nitrogens with one attached hydrogen (secondary N) is 1. The Morgan fingerprint density at radius 3 is 2.66 bits per heavy atom. The minimum absolute atomic E-state index is 0.117. The third-order valence-corrected chi connectivity index (χ3v) is 8.11. The van der Waals surface area contributed by atoms with Crippen LogP contribution in [0.1, 0.15) is 10.5 Å². The van der Waals surface area contributed by atoms with Crippen molar-refractivity contribution in [3.05, 3.63) is 71.5 Å². The number of ether oxygens (including phenoxy) is 2. The lowest BCUT2D eigenvalue weighted by atomic mass is 10.1. The number of pyridine rings is 1. The number of benzene rings is 2. The number of primary amides is 1. The first kappa shape index (κ1) is 26.2. The maximum absolute atomic E-state index is 13.6. The molecule has 2 atom stereocenters. The van der Waals surface area contributed by atoms with Gasteiger partial charge in [0.25, 0.3) is 5.91 Å². The first-order valence-electron chi connectivity index (χ1n) is 12.1. The lowest BCUT2D eigenvalue weighted by molar-refractivity contribution is -0.0237. The standard InChI is InChI=1S/C27H28ClN5O4S/c1-32(2)24-10-5-18(14-30-24)17-3-7-20(8-4-17)37-16-21-15-33(11-12-36-21)38(35)26-22-13-19(28)6-9-23(22)31-25(26)27(29)34/h3-10,13-14,21,31H,11-12,15-16H2,1-2H3,(H2,29,34). The van der Waals surface area contributed by atoms with E-state index < -0.39 is 16.9 Å². The van der Waals surface area contributed by atoms with Gasteiger partial charge in [0.2, 0.25) is 0 Å². The second kappa shape index (κ2) is 11.1. The molecule has 9 nitrogen and oxygen atoms in total. The zero-order chi connectivity index (χ0) is 26.8. The second-order valence-electron chi connectivity index (χ2n) is 9.15. The number of nitrogens with two attached hydrogens (primary N) is 1. The van der Waals surface area contributed by atoms with Gasteiger partial charge in [-0.25, -0.2) is 13.5 Å². The van der Waals surface area contributed by atoms with E-state index in [4.69, 9.17) is 26.8 Å². The molecule has 38 heavy (non-hydrogen) atoms. The number of carbonyl (C=O) groups is 1. The smallest absolute Gasteiger partial charge is 0.266 e. The van der Waals surface area contributed by atoms with Crippen molar-refractivity contribution in [2.45, 2.75) is 11.0 Å². The maximum atomic E-state index is 13.6. The highest BCUT2D eigenvalue weighted by molar-refractivity contribution is 7.83. The lowest BCUT2D eigenvalue weighted by Gasteiger charge is -2.31. The lowest BCUT2D eigenvalue weighted by Crippen LogP contribution is -2.45. The van der Waals surface area contributed by atoms with Gasteiger partial charge in [-0.05, 0) is 48.0 Å². The van der Waals surface area contributed by atoms with Gasteiger partial charge in [0, 0.05) is 54.9 Å². The van der Waals surface area contributed by atoms with Crippen molar-refractivity contribution in [3.63, 3.8) is 0 Å². The van der Waals surface area contributed by atoms with E-state index >= 15 is 0 Å². The summed E-state index contributed by atoms with van der Waals surface area (Å²) in [5.74, 6) is 0.924. The molecule has 198 valence electrons. The molecule has 1 fully saturated rings. The first-order valence-corrected chi connectivity index (χ1v) is 13.5. The number of nitrogens with zero attached hydrogens (tertiary/aromatic N) is 3. The molecule has 0 saturated carbocycles. The molecule has 0 radical (unpaired) electrons. The number of fused-ring (bicyclic) bond motifs is 1. The predicted molar refractivity (Wildman–Crippen MR) is 149 cm³/mol. The summed E-state index contributed by atoms with van der Waals surface area (Å²) in [5.41, 5.74) is 8.40. The molecule has 2 unspecified atom stereocenters. The van der Waals surface area contributed by atoms with Gasteiger partial charge in [0.05, 0.1) is 11.5 Å². The number of aromatic nitrogens is 2. The minimum atomic E-state index is -1.65. The number of carbonyl (C=O) groups excluding carboxylic acids is 1. The number of amides is 1. The Hall–Kier alpha value is -3.44. The number of morpholine rings is 1. The fourth-order valence-corrected chi connectivity index (χ4v) is 5.98. The Labute approximate surface area is 228 Å². The van der Waals surface area contributed by atoms with E-state index in [-0.39, 0.29) is 18.4 Å². The average molecular weight is 554 g/mol. The van der Waals surface area contributed by atoms with Crippen LogP contribution in [0.3, 0.4) is 0 Å². The summed E-state index contributed by atoms with van der Waals surface area (Å²) < 4.78 is 27.2. The van der Waals surface area contributed by atoms with Gasteiger partial charge in [0.15, 0.2) is 0 Å². The molecule has 5 rings (SSSR count). The fraction of sp³-hybridized carbons (Fsp3) is 0.259. The van der Waals surface area contributed by atoms with Gasteiger partial charge < -0.3 is 25.1 Å². The van der Waals surface area contributed by atoms with Gasteiger partial charge in [-0.2, -0.15) is 0 Å². The molecule has 1 aliphatic rings. The summed E-state index contributed by atoms with van der Waals surface area (Å²) in [4.78, 5) is 21.8. The van der Waals surface area contributed by atoms with Gasteiger partial charge in [-0.1, -0.05) is 23.7 Å². The maximum Gasteiger partial charge on any atom is 0.266 e. The molecule has 0 spiro atoms. The Balaban J connectivity index is 1.24. The van der Waals surface area contributed by atoms with Gasteiger partial charge in [0.1, 0.15) is 41.0 Å². The summed E-state index contributed by atoms with van der Waals surface area (Å²) in [6.07, 6.45) is 1.54. The summed E-state index contributed by atoms with van der Waals surface area (Å²) in [6, 6.07) is 16.9. The molecule has 11 heteroatoms. The van der Waals surface area contributed by atoms with Crippen LogP contribution < -0.4 is 15.4 Å². The third-order valence-electron chi connectivity index (χ3n) is 6.30. The van der Waals surface area contributed by atoms with Crippen LogP contribution in [0.4, 0.5) is 5.82 Å². The largest absolute Gasteiger partial charge is 0.491 e. The Morgan fingerprint density at radius 1 is 1.21 bits per heavy atom. The molecule has 2 aromatic heterocycles. The molecule has 0 aliphatic carbocycles. The highest BCUT2D eigenvalue weighted by Gasteiger charge is 2.30. The number of hydrogen-bond acceptors (Lipinski definition) is 6. The van der Waals surface area contributed by atoms with Crippen molar-refractivity contribution in [1.82, 2.24) is 14.3 Å². The summed E-state index contributed by atoms with van der Waals surface area (Å²) in [5, 5.41) is 1.09. The fourth-order valence-electron chi connectivity index (χ4n) is 4.32. The van der Waals surface area contributed by atoms with E-state index in [1.54, 1.807) is 22.5 Å². The summed E-state index contributed by atoms with van der Waals surface area (Å²) >= 11 is 6.17. The van der Waals surface area contributed by atoms with Crippen molar-refractivity contribution in [3.8, 4) is 16.9 Å². The predicted octanol–water partition coefficient (Wildman–Crippen LogP) is 3.85. The number of H-pyrrole nitrogens is 1. The molecule has 0 bridgehead atoms. The Bertz CT molecular complexity index is 1470. The summed E-state index contributed by atoms with van der Waals surface area (Å²) in [6.45, 7) is 1.46. The molecule has 3 N–H and O–H groups in total. The monoisotopic (exact) mass is 553 g/mol. The number of rotatable bonds is 8. The average Bonchev–Trinajstić information content (AvgIpc) is 3.31. The van der Waals surface area contributed by atoms with E-state index in [1.807, 2.05) is 61.6 Å². The zero-order valence-electron chi connectivity index (χ0n) is 21.0. The molecule has 2 aromatic carbocycles. The van der Waals surface area contributed by atoms with Crippen LogP contribution in [0, 0.1) is 0 Å². The SMILES string of the molecule is CN(C)c1ccc(-c2ccc(OCC3CN(S(=O)c4c(C(N)=O)[nH]c5ccc(Cl)cc45)CCO3)cc2)cn1. The Morgan fingerprint density at radius 2 is 1.97 bits per heavy atom. The van der Waals surface area contributed by atoms with Crippen molar-refractivity contribution in [2.75, 3.05) is 45.3 Å². The van der Waals surface area contributed by atoms with Crippen LogP contribution in [0.5, 0.6) is 5.75 Å². The van der Waals surface area contributed by atoms with E-state index in [9.17, 15) is 9.00 Å². The van der Waals surface area contributed by atoms with Crippen LogP contribution in [-0.4, -0.2) is 70.9 Å². The quantitative estimate of drug-likeness (QED) is 0.342. The van der Waals surface area contributed by atoms with Crippen molar-refractivity contribution < 1.29 is 18.5 Å². The van der Waals surface area contributed by atoms with Crippen molar-refractivity contribution >= 4 is 45.2 Å². The number of hydrogen-bond donors (Lipinski definition) is 2. The molecule has 1 saturated heterocycles. The Kier molecular flexibility index (Phi) is 7.66. The van der Waals surface area contributed by atoms with E-state index in [1.165, 1.54) is 0 Å². The highest BCUT2D eigenvalue weighted by atomic mass is 35.5. The number of anilines is 1. The number of aromatic amines is 1. The molecule has 1 amide bonds. The second-order valence-corrected chi connectivity index (χ2v) is 11.0. The van der Waals surface area contributed by atoms with Crippen molar-refractivity contribution in [1.29, 1.82) is 0 Å². The highest BCUT2D eigenvalue weighted by Crippen LogP contribution is 2.30. The normalized spacial score (nSPS) is 16.9. The van der Waals surface area contributed by atoms with Gasteiger partial charge >= 0.3 is 0 Å². The van der Waals surface area contributed by atoms with Gasteiger partial charge in [-0.3, -0.25) is 4.79 Å². The van der Waals surface area contributed by atoms with E-state index in [0.29, 0.717) is 46.3 Å². The first-order chi connectivity index (χ1) is 18.3. The molecular weight excluding hydrogens is 526 g/mol. The van der Waals surface area contributed by atoms with Crippen LogP contribution in [0.25, 0.3) is 22.0 Å². The molecule has 1 aliphatic heterocycles. The molecular formula is C27H28ClN5O4S. The van der Waals surface area contributed by atoms with Gasteiger partial charge in [-0.15, -0.1) is 0 Å². The van der Waals surface area contributed by atoms with Crippen LogP contribution in [-0.2, 0) is 15.7 Å². The molecule has 3 heterocycles. The molecule has 4 aromatic rings. The van der Waals surface area contributed by atoms with E-state index in [2.05, 4.69) is 9.97 Å². The third kappa shape index (κ3) is 5.53. The number of halogens is 1. The zero-order valence-corrected chi connectivity index (χ0v) is 22.6. The minimum Gasteiger partial charge on any atom is -0.491 e. The van der Waals surface area contributed by atoms with Crippen LogP contribution in [0.2, 0.25) is 5.02 Å². The van der Waals surface area contributed by atoms with Crippen LogP contribution in [0.15, 0.2) is 65.7 Å². The summed E-state index contributed by atoms with van der Waals surface area (Å²) in [7, 11) is 2.26. The topological polar surface area (TPSA) is 114 Å². The van der Waals surface area contributed by atoms with E-state index in [0.717, 1.165) is 16.9 Å². The van der Waals surface area contributed by atoms with Crippen molar-refractivity contribution in [2.24, 2.45) is 5.73 Å². The van der Waals surface area contributed by atoms with Crippen LogP contribution >= 0.6 is 11.6 Å².